The lowest BCUT2D eigenvalue weighted by atomic mass is 10.0. The van der Waals surface area contributed by atoms with Crippen LogP contribution >= 0.6 is 11.6 Å². The molecule has 8 heteroatoms. The van der Waals surface area contributed by atoms with Crippen LogP contribution in [0.15, 0.2) is 60.7 Å². The second kappa shape index (κ2) is 12.9. The van der Waals surface area contributed by atoms with E-state index < -0.39 is 18.5 Å². The fraction of sp³-hybridized carbons (Fsp3) is 0.276. The number of amides is 2. The van der Waals surface area contributed by atoms with Crippen molar-refractivity contribution in [3.05, 3.63) is 82.4 Å². The molecule has 2 N–H and O–H groups in total. The zero-order chi connectivity index (χ0) is 26.9. The highest BCUT2D eigenvalue weighted by Gasteiger charge is 2.13. The molecule has 0 unspecified atom stereocenters. The first-order chi connectivity index (χ1) is 17.6. The first kappa shape index (κ1) is 27.7. The SMILES string of the molecule is Cc1ccc(C(C)C)c(Oc2ccc(NC(=O)CCC(=O)OCC(=O)Nc3cc(Cl)ccc3C)cc2)c1. The van der Waals surface area contributed by atoms with Crippen LogP contribution in [0.25, 0.3) is 0 Å². The van der Waals surface area contributed by atoms with E-state index in [1.54, 1.807) is 42.5 Å². The van der Waals surface area contributed by atoms with Crippen molar-refractivity contribution in [1.29, 1.82) is 0 Å². The van der Waals surface area contributed by atoms with Gasteiger partial charge in [0.15, 0.2) is 6.61 Å². The van der Waals surface area contributed by atoms with Crippen LogP contribution < -0.4 is 15.4 Å². The summed E-state index contributed by atoms with van der Waals surface area (Å²) >= 11 is 5.94. The van der Waals surface area contributed by atoms with E-state index in [2.05, 4.69) is 36.6 Å². The van der Waals surface area contributed by atoms with Gasteiger partial charge in [-0.15, -0.1) is 0 Å². The molecule has 0 aliphatic heterocycles. The molecule has 0 spiro atoms. The van der Waals surface area contributed by atoms with Crippen LogP contribution in [0.1, 0.15) is 49.3 Å². The van der Waals surface area contributed by atoms with Gasteiger partial charge in [0, 0.05) is 22.8 Å². The fourth-order valence-corrected chi connectivity index (χ4v) is 3.68. The van der Waals surface area contributed by atoms with Crippen molar-refractivity contribution in [2.24, 2.45) is 0 Å². The number of nitrogens with one attached hydrogen (secondary N) is 2. The van der Waals surface area contributed by atoms with Crippen molar-refractivity contribution < 1.29 is 23.9 Å². The van der Waals surface area contributed by atoms with E-state index in [0.29, 0.717) is 28.1 Å². The largest absolute Gasteiger partial charge is 0.457 e. The molecule has 0 bridgehead atoms. The van der Waals surface area contributed by atoms with E-state index in [0.717, 1.165) is 22.4 Å². The number of carbonyl (C=O) groups excluding carboxylic acids is 3. The van der Waals surface area contributed by atoms with Crippen LogP contribution in [-0.4, -0.2) is 24.4 Å². The monoisotopic (exact) mass is 522 g/mol. The summed E-state index contributed by atoms with van der Waals surface area (Å²) in [4.78, 5) is 36.3. The average Bonchev–Trinajstić information content (AvgIpc) is 2.85. The summed E-state index contributed by atoms with van der Waals surface area (Å²) in [5.41, 5.74) is 4.18. The second-order valence-electron chi connectivity index (χ2n) is 9.04. The summed E-state index contributed by atoms with van der Waals surface area (Å²) in [6.45, 7) is 7.62. The number of anilines is 2. The van der Waals surface area contributed by atoms with Gasteiger partial charge in [0.2, 0.25) is 5.91 Å². The summed E-state index contributed by atoms with van der Waals surface area (Å²) in [7, 11) is 0. The van der Waals surface area contributed by atoms with Crippen LogP contribution in [0.2, 0.25) is 5.02 Å². The molecule has 0 aliphatic rings. The van der Waals surface area contributed by atoms with Crippen LogP contribution in [0.3, 0.4) is 0 Å². The zero-order valence-corrected chi connectivity index (χ0v) is 22.1. The molecule has 37 heavy (non-hydrogen) atoms. The van der Waals surface area contributed by atoms with Crippen molar-refractivity contribution in [3.8, 4) is 11.5 Å². The molecule has 0 saturated carbocycles. The van der Waals surface area contributed by atoms with Gasteiger partial charge in [-0.3, -0.25) is 14.4 Å². The predicted molar refractivity (Wildman–Crippen MR) is 145 cm³/mol. The second-order valence-corrected chi connectivity index (χ2v) is 9.48. The molecular weight excluding hydrogens is 492 g/mol. The van der Waals surface area contributed by atoms with Crippen molar-refractivity contribution in [2.45, 2.75) is 46.5 Å². The van der Waals surface area contributed by atoms with Gasteiger partial charge in [-0.1, -0.05) is 43.6 Å². The molecule has 0 atom stereocenters. The van der Waals surface area contributed by atoms with Crippen molar-refractivity contribution >= 4 is 40.8 Å². The first-order valence-corrected chi connectivity index (χ1v) is 12.4. The van der Waals surface area contributed by atoms with Gasteiger partial charge in [0.25, 0.3) is 5.91 Å². The number of ether oxygens (including phenoxy) is 2. The summed E-state index contributed by atoms with van der Waals surface area (Å²) in [6, 6.07) is 18.3. The van der Waals surface area contributed by atoms with Gasteiger partial charge in [0.05, 0.1) is 6.42 Å². The van der Waals surface area contributed by atoms with Crippen LogP contribution in [-0.2, 0) is 19.1 Å². The van der Waals surface area contributed by atoms with Gasteiger partial charge < -0.3 is 20.1 Å². The molecule has 3 rings (SSSR count). The number of hydrogen-bond acceptors (Lipinski definition) is 5. The van der Waals surface area contributed by atoms with E-state index in [1.807, 2.05) is 19.9 Å². The summed E-state index contributed by atoms with van der Waals surface area (Å²) in [5, 5.41) is 5.87. The molecule has 0 aromatic heterocycles. The maximum absolute atomic E-state index is 12.3. The van der Waals surface area contributed by atoms with E-state index >= 15 is 0 Å². The maximum Gasteiger partial charge on any atom is 0.306 e. The Balaban J connectivity index is 1.43. The Labute approximate surface area is 222 Å². The fourth-order valence-electron chi connectivity index (χ4n) is 3.51. The molecule has 0 saturated heterocycles. The molecule has 0 aliphatic carbocycles. The average molecular weight is 523 g/mol. The van der Waals surface area contributed by atoms with Crippen LogP contribution in [0.4, 0.5) is 11.4 Å². The minimum Gasteiger partial charge on any atom is -0.457 e. The third-order valence-electron chi connectivity index (χ3n) is 5.55. The molecule has 2 amide bonds. The Morgan fingerprint density at radius 3 is 2.30 bits per heavy atom. The Kier molecular flexibility index (Phi) is 9.69. The maximum atomic E-state index is 12.3. The summed E-state index contributed by atoms with van der Waals surface area (Å²) < 4.78 is 11.0. The van der Waals surface area contributed by atoms with Gasteiger partial charge in [-0.25, -0.2) is 0 Å². The van der Waals surface area contributed by atoms with E-state index in [9.17, 15) is 14.4 Å². The minimum atomic E-state index is -0.643. The third-order valence-corrected chi connectivity index (χ3v) is 5.79. The predicted octanol–water partition coefficient (Wildman–Crippen LogP) is 6.77. The molecular formula is C29H31ClN2O5. The number of benzene rings is 3. The Bertz CT molecular complexity index is 1270. The van der Waals surface area contributed by atoms with Gasteiger partial charge in [0.1, 0.15) is 11.5 Å². The molecule has 194 valence electrons. The lowest BCUT2D eigenvalue weighted by Gasteiger charge is -2.15. The molecule has 3 aromatic carbocycles. The van der Waals surface area contributed by atoms with Gasteiger partial charge in [-0.2, -0.15) is 0 Å². The highest BCUT2D eigenvalue weighted by Crippen LogP contribution is 2.32. The van der Waals surface area contributed by atoms with E-state index in [4.69, 9.17) is 21.1 Å². The topological polar surface area (TPSA) is 93.7 Å². The van der Waals surface area contributed by atoms with Gasteiger partial charge >= 0.3 is 5.97 Å². The van der Waals surface area contributed by atoms with Crippen molar-refractivity contribution in [2.75, 3.05) is 17.2 Å². The standard InChI is InChI=1S/C29H31ClN2O5/c1-18(2)24-12-5-19(3)15-26(24)37-23-10-8-22(9-11-23)31-27(33)13-14-29(35)36-17-28(34)32-25-16-21(30)7-6-20(25)4/h5-12,15-16,18H,13-14,17H2,1-4H3,(H,31,33)(H,32,34). The highest BCUT2D eigenvalue weighted by atomic mass is 35.5. The molecule has 7 nitrogen and oxygen atoms in total. The van der Waals surface area contributed by atoms with Crippen LogP contribution in [0, 0.1) is 13.8 Å². The van der Waals surface area contributed by atoms with E-state index in [1.165, 1.54) is 0 Å². The first-order valence-electron chi connectivity index (χ1n) is 12.0. The molecule has 0 heterocycles. The number of hydrogen-bond donors (Lipinski definition) is 2. The Morgan fingerprint density at radius 2 is 1.59 bits per heavy atom. The van der Waals surface area contributed by atoms with Gasteiger partial charge in [-0.05, 0) is 78.9 Å². The van der Waals surface area contributed by atoms with Crippen molar-refractivity contribution in [1.82, 2.24) is 0 Å². The highest BCUT2D eigenvalue weighted by molar-refractivity contribution is 6.31. The number of carbonyl (C=O) groups is 3. The number of rotatable bonds is 10. The lowest BCUT2D eigenvalue weighted by Crippen LogP contribution is -2.22. The Morgan fingerprint density at radius 1 is 0.865 bits per heavy atom. The lowest BCUT2D eigenvalue weighted by molar-refractivity contribution is -0.147. The minimum absolute atomic E-state index is 0.0762. The summed E-state index contributed by atoms with van der Waals surface area (Å²) in [5.74, 6) is 0.308. The van der Waals surface area contributed by atoms with Crippen molar-refractivity contribution in [3.63, 3.8) is 0 Å². The zero-order valence-electron chi connectivity index (χ0n) is 21.4. The van der Waals surface area contributed by atoms with E-state index in [-0.39, 0.29) is 18.7 Å². The smallest absolute Gasteiger partial charge is 0.306 e. The quantitative estimate of drug-likeness (QED) is 0.286. The molecule has 0 fully saturated rings. The molecule has 3 aromatic rings. The van der Waals surface area contributed by atoms with Crippen LogP contribution in [0.5, 0.6) is 11.5 Å². The summed E-state index contributed by atoms with van der Waals surface area (Å²) in [6.07, 6.45) is -0.227. The number of halogens is 1. The molecule has 0 radical (unpaired) electrons. The third kappa shape index (κ3) is 8.65. The Hall–Kier alpha value is -3.84. The number of esters is 1. The normalized spacial score (nSPS) is 10.6. The number of aryl methyl sites for hydroxylation is 2.